The van der Waals surface area contributed by atoms with E-state index in [4.69, 9.17) is 0 Å². The Bertz CT molecular complexity index is 1290. The van der Waals surface area contributed by atoms with E-state index in [-0.39, 0.29) is 17.4 Å². The summed E-state index contributed by atoms with van der Waals surface area (Å²) < 4.78 is 0. The van der Waals surface area contributed by atoms with Gasteiger partial charge in [-0.2, -0.15) is 0 Å². The molecule has 0 saturated heterocycles. The van der Waals surface area contributed by atoms with Crippen molar-refractivity contribution in [1.29, 1.82) is 5.41 Å². The third kappa shape index (κ3) is 3.65. The highest BCUT2D eigenvalue weighted by Gasteiger charge is 2.43. The van der Waals surface area contributed by atoms with Crippen LogP contribution in [0.3, 0.4) is 0 Å². The topological polar surface area (TPSA) is 77.3 Å². The van der Waals surface area contributed by atoms with Crippen molar-refractivity contribution in [2.45, 2.75) is 32.1 Å². The van der Waals surface area contributed by atoms with Gasteiger partial charge in [0.1, 0.15) is 11.6 Å². The first-order chi connectivity index (χ1) is 16.1. The molecule has 5 nitrogen and oxygen atoms in total. The molecule has 0 bridgehead atoms. The minimum atomic E-state index is -0.546. The van der Waals surface area contributed by atoms with Crippen molar-refractivity contribution in [1.82, 2.24) is 4.98 Å². The maximum atomic E-state index is 13.4. The van der Waals surface area contributed by atoms with E-state index in [1.807, 2.05) is 78.6 Å². The molecule has 0 unspecified atom stereocenters. The predicted molar refractivity (Wildman–Crippen MR) is 130 cm³/mol. The summed E-state index contributed by atoms with van der Waals surface area (Å²) in [6, 6.07) is 20.9. The molecule has 1 aliphatic carbocycles. The zero-order valence-electron chi connectivity index (χ0n) is 18.5. The van der Waals surface area contributed by atoms with Crippen LogP contribution >= 0.6 is 0 Å². The van der Waals surface area contributed by atoms with Gasteiger partial charge in [0.05, 0.1) is 0 Å². The third-order valence-electron chi connectivity index (χ3n) is 6.33. The summed E-state index contributed by atoms with van der Waals surface area (Å²) in [6.45, 7) is 2.01. The van der Waals surface area contributed by atoms with Gasteiger partial charge >= 0.3 is 0 Å². The molecular weight excluding hydrogens is 410 g/mol. The molecule has 1 atom stereocenters. The van der Waals surface area contributed by atoms with E-state index in [1.165, 1.54) is 0 Å². The van der Waals surface area contributed by atoms with Crippen LogP contribution in [-0.2, 0) is 4.79 Å². The van der Waals surface area contributed by atoms with Crippen LogP contribution in [0.4, 0.5) is 5.69 Å². The lowest BCUT2D eigenvalue weighted by Crippen LogP contribution is -2.42. The number of Topliss-reactive ketones (excluding diaryl/α,β-unsaturated/α-hetero) is 1. The van der Waals surface area contributed by atoms with Crippen molar-refractivity contribution in [3.05, 3.63) is 113 Å². The molecule has 164 valence electrons. The van der Waals surface area contributed by atoms with Crippen LogP contribution in [0.2, 0.25) is 0 Å². The Morgan fingerprint density at radius 3 is 2.61 bits per heavy atom. The van der Waals surface area contributed by atoms with Crippen LogP contribution in [0.15, 0.2) is 96.0 Å². The number of carbonyl (C=O) groups is 1. The Balaban J connectivity index is 1.83. The largest absolute Gasteiger partial charge is 0.507 e. The van der Waals surface area contributed by atoms with Gasteiger partial charge < -0.3 is 5.11 Å². The SMILES string of the molecule is Cc1cccc(N2C(=N)C(=C(O)c3ccccc3)[C@@H](c3cccnc3)C3=C2CCCC3=O)c1. The first-order valence-corrected chi connectivity index (χ1v) is 11.2. The number of benzene rings is 2. The Kier molecular flexibility index (Phi) is 5.38. The third-order valence-corrected chi connectivity index (χ3v) is 6.33. The number of pyridine rings is 1. The number of carbonyl (C=O) groups excluding carboxylic acids is 1. The molecule has 1 aliphatic heterocycles. The summed E-state index contributed by atoms with van der Waals surface area (Å²) in [4.78, 5) is 19.5. The van der Waals surface area contributed by atoms with Gasteiger partial charge in [-0.25, -0.2) is 0 Å². The minimum absolute atomic E-state index is 0.0111. The van der Waals surface area contributed by atoms with Gasteiger partial charge in [-0.05, 0) is 49.1 Å². The number of hydrogen-bond acceptors (Lipinski definition) is 4. The highest BCUT2D eigenvalue weighted by molar-refractivity contribution is 6.19. The van der Waals surface area contributed by atoms with Crippen molar-refractivity contribution in [3.63, 3.8) is 0 Å². The number of aliphatic hydroxyl groups excluding tert-OH is 1. The molecule has 0 amide bonds. The molecule has 5 heteroatoms. The summed E-state index contributed by atoms with van der Waals surface area (Å²) in [6.07, 6.45) is 5.33. The van der Waals surface area contributed by atoms with E-state index < -0.39 is 5.92 Å². The second kappa shape index (κ2) is 8.51. The summed E-state index contributed by atoms with van der Waals surface area (Å²) >= 11 is 0. The number of anilines is 1. The van der Waals surface area contributed by atoms with E-state index in [0.29, 0.717) is 29.6 Å². The van der Waals surface area contributed by atoms with Crippen LogP contribution in [-0.4, -0.2) is 21.7 Å². The number of nitrogens with zero attached hydrogens (tertiary/aromatic N) is 2. The smallest absolute Gasteiger partial charge is 0.161 e. The van der Waals surface area contributed by atoms with Crippen LogP contribution in [0.25, 0.3) is 5.76 Å². The number of aromatic nitrogens is 1. The average molecular weight is 436 g/mol. The molecule has 2 heterocycles. The Hall–Kier alpha value is -3.99. The number of hydrogen-bond donors (Lipinski definition) is 2. The number of amidine groups is 1. The lowest BCUT2D eigenvalue weighted by molar-refractivity contribution is -0.116. The van der Waals surface area contributed by atoms with Gasteiger partial charge in [0, 0.05) is 52.8 Å². The molecule has 0 saturated carbocycles. The fraction of sp³-hybridized carbons (Fsp3) is 0.179. The number of aryl methyl sites for hydroxylation is 1. The Morgan fingerprint density at radius 2 is 1.88 bits per heavy atom. The molecule has 0 fully saturated rings. The normalized spacial score (nSPS) is 20.0. The van der Waals surface area contributed by atoms with Gasteiger partial charge in [0.15, 0.2) is 5.78 Å². The van der Waals surface area contributed by atoms with Crippen LogP contribution < -0.4 is 4.90 Å². The first kappa shape index (κ1) is 20.9. The van der Waals surface area contributed by atoms with E-state index in [1.54, 1.807) is 12.4 Å². The summed E-state index contributed by atoms with van der Waals surface area (Å²) in [5.41, 5.74) is 5.23. The van der Waals surface area contributed by atoms with Gasteiger partial charge in [0.2, 0.25) is 0 Å². The van der Waals surface area contributed by atoms with Crippen LogP contribution in [0.1, 0.15) is 41.9 Å². The van der Waals surface area contributed by atoms with Gasteiger partial charge in [-0.1, -0.05) is 48.5 Å². The Labute approximate surface area is 193 Å². The standard InChI is InChI=1S/C28H25N3O2/c1-18-8-5-12-21(16-18)31-22-13-6-14-23(32)25(22)24(20-11-7-15-30-17-20)26(28(31)29)27(33)19-9-3-2-4-10-19/h2-5,7-12,15-17,24,29,33H,6,13-14H2,1H3/t24-/m0/s1. The number of aliphatic hydroxyl groups is 1. The van der Waals surface area contributed by atoms with Crippen LogP contribution in [0, 0.1) is 12.3 Å². The van der Waals surface area contributed by atoms with E-state index in [0.717, 1.165) is 28.9 Å². The number of allylic oxidation sites excluding steroid dienone is 2. The second-order valence-electron chi connectivity index (χ2n) is 8.51. The second-order valence-corrected chi connectivity index (χ2v) is 8.51. The lowest BCUT2D eigenvalue weighted by Gasteiger charge is -2.41. The van der Waals surface area contributed by atoms with Crippen LogP contribution in [0.5, 0.6) is 0 Å². The minimum Gasteiger partial charge on any atom is -0.507 e. The Morgan fingerprint density at radius 1 is 1.06 bits per heavy atom. The summed E-state index contributed by atoms with van der Waals surface area (Å²) in [7, 11) is 0. The van der Waals surface area contributed by atoms with Crippen molar-refractivity contribution in [3.8, 4) is 0 Å². The van der Waals surface area contributed by atoms with E-state index in [2.05, 4.69) is 4.98 Å². The predicted octanol–water partition coefficient (Wildman–Crippen LogP) is 5.95. The molecular formula is C28H25N3O2. The maximum absolute atomic E-state index is 13.4. The molecule has 2 aliphatic rings. The zero-order valence-corrected chi connectivity index (χ0v) is 18.5. The number of nitrogens with one attached hydrogen (secondary N) is 1. The molecule has 0 radical (unpaired) electrons. The highest BCUT2D eigenvalue weighted by Crippen LogP contribution is 2.47. The molecule has 1 aromatic heterocycles. The first-order valence-electron chi connectivity index (χ1n) is 11.2. The van der Waals surface area contributed by atoms with Gasteiger partial charge in [0.25, 0.3) is 0 Å². The van der Waals surface area contributed by atoms with E-state index >= 15 is 0 Å². The zero-order chi connectivity index (χ0) is 22.9. The lowest BCUT2D eigenvalue weighted by atomic mass is 9.73. The summed E-state index contributed by atoms with van der Waals surface area (Å²) in [5, 5.41) is 20.8. The average Bonchev–Trinajstić information content (AvgIpc) is 2.84. The van der Waals surface area contributed by atoms with Crippen molar-refractivity contribution in [2.75, 3.05) is 4.90 Å². The molecule has 0 spiro atoms. The molecule has 33 heavy (non-hydrogen) atoms. The van der Waals surface area contributed by atoms with E-state index in [9.17, 15) is 15.3 Å². The van der Waals surface area contributed by atoms with Crippen molar-refractivity contribution in [2.24, 2.45) is 0 Å². The van der Waals surface area contributed by atoms with Gasteiger partial charge in [-0.3, -0.25) is 20.1 Å². The monoisotopic (exact) mass is 435 g/mol. The number of ketones is 1. The molecule has 2 N–H and O–H groups in total. The van der Waals surface area contributed by atoms with Gasteiger partial charge in [-0.15, -0.1) is 0 Å². The molecule has 3 aromatic rings. The molecule has 5 rings (SSSR count). The molecule has 2 aromatic carbocycles. The fourth-order valence-electron chi connectivity index (χ4n) is 4.88. The highest BCUT2D eigenvalue weighted by atomic mass is 16.3. The van der Waals surface area contributed by atoms with Crippen molar-refractivity contribution < 1.29 is 9.90 Å². The summed E-state index contributed by atoms with van der Waals surface area (Å²) in [5.74, 6) is -0.287. The maximum Gasteiger partial charge on any atom is 0.161 e. The quantitative estimate of drug-likeness (QED) is 0.499. The number of rotatable bonds is 3. The fourth-order valence-corrected chi connectivity index (χ4v) is 4.88. The van der Waals surface area contributed by atoms with Crippen molar-refractivity contribution >= 4 is 23.1 Å².